The Morgan fingerprint density at radius 1 is 1.06 bits per heavy atom. The van der Waals surface area contributed by atoms with Gasteiger partial charge in [0.25, 0.3) is 0 Å². The van der Waals surface area contributed by atoms with E-state index in [0.29, 0.717) is 11.3 Å². The molecule has 0 aliphatic heterocycles. The summed E-state index contributed by atoms with van der Waals surface area (Å²) in [4.78, 5) is 19.9. The Bertz CT molecular complexity index is 641. The molecule has 0 N–H and O–H groups in total. The zero-order valence-corrected chi connectivity index (χ0v) is 9.52. The van der Waals surface area contributed by atoms with E-state index in [-0.39, 0.29) is 16.1 Å². The molecule has 0 aliphatic rings. The van der Waals surface area contributed by atoms with Crippen LogP contribution in [0, 0.1) is 26.0 Å². The maximum Gasteiger partial charge on any atom is 0.338 e. The smallest absolute Gasteiger partial charge is 0.258 e. The minimum atomic E-state index is -0.751. The van der Waals surface area contributed by atoms with Gasteiger partial charge < -0.3 is 0 Å². The van der Waals surface area contributed by atoms with Gasteiger partial charge in [-0.05, 0) is 6.07 Å². The Morgan fingerprint density at radius 2 is 1.72 bits per heavy atom. The first-order chi connectivity index (χ1) is 8.50. The molecule has 0 radical (unpaired) electrons. The lowest BCUT2D eigenvalue weighted by Crippen LogP contribution is -1.88. The van der Waals surface area contributed by atoms with Crippen molar-refractivity contribution in [1.29, 1.82) is 0 Å². The molecule has 0 saturated carbocycles. The van der Waals surface area contributed by atoms with Crippen LogP contribution in [-0.4, -0.2) is 9.85 Å². The van der Waals surface area contributed by atoms with Gasteiger partial charge in [0.15, 0.2) is 0 Å². The zero-order valence-electron chi connectivity index (χ0n) is 8.70. The Hall–Kier alpha value is -2.35. The maximum absolute atomic E-state index is 13.5. The summed E-state index contributed by atoms with van der Waals surface area (Å²) in [5.74, 6) is -0.659. The number of thiophene rings is 1. The highest BCUT2D eigenvalue weighted by Crippen LogP contribution is 2.42. The molecule has 2 aromatic rings. The second kappa shape index (κ2) is 4.49. The summed E-state index contributed by atoms with van der Waals surface area (Å²) in [6.45, 7) is 0. The van der Waals surface area contributed by atoms with E-state index < -0.39 is 20.7 Å². The summed E-state index contributed by atoms with van der Waals surface area (Å²) < 4.78 is 13.5. The molecule has 18 heavy (non-hydrogen) atoms. The summed E-state index contributed by atoms with van der Waals surface area (Å²) in [5.41, 5.74) is -0.0941. The predicted molar refractivity (Wildman–Crippen MR) is 63.0 cm³/mol. The molecule has 8 heteroatoms. The van der Waals surface area contributed by atoms with Gasteiger partial charge in [0, 0.05) is 23.0 Å². The fourth-order valence-corrected chi connectivity index (χ4v) is 2.27. The highest BCUT2D eigenvalue weighted by atomic mass is 32.1. The number of hydrogen-bond acceptors (Lipinski definition) is 5. The molecule has 0 unspecified atom stereocenters. The fourth-order valence-electron chi connectivity index (χ4n) is 1.47. The summed E-state index contributed by atoms with van der Waals surface area (Å²) in [6, 6.07) is 6.44. The van der Waals surface area contributed by atoms with E-state index in [1.165, 1.54) is 18.2 Å². The van der Waals surface area contributed by atoms with Crippen LogP contribution in [0.25, 0.3) is 11.1 Å². The molecule has 0 spiro atoms. The average molecular weight is 268 g/mol. The van der Waals surface area contributed by atoms with Crippen molar-refractivity contribution in [1.82, 2.24) is 0 Å². The van der Waals surface area contributed by atoms with Gasteiger partial charge in [-0.3, -0.25) is 20.2 Å². The Kier molecular flexibility index (Phi) is 3.02. The number of halogens is 1. The molecule has 2 rings (SSSR count). The second-order valence-electron chi connectivity index (χ2n) is 3.30. The first-order valence-electron chi connectivity index (χ1n) is 4.68. The van der Waals surface area contributed by atoms with E-state index in [1.807, 2.05) is 0 Å². The third kappa shape index (κ3) is 2.05. The summed E-state index contributed by atoms with van der Waals surface area (Å²) >= 11 is 0.414. The average Bonchev–Trinajstić information content (AvgIpc) is 2.74. The molecule has 0 bridgehead atoms. The van der Waals surface area contributed by atoms with Crippen molar-refractivity contribution >= 4 is 21.3 Å². The molecule has 1 aromatic heterocycles. The van der Waals surface area contributed by atoms with E-state index in [9.17, 15) is 24.6 Å². The monoisotopic (exact) mass is 268 g/mol. The lowest BCUT2D eigenvalue weighted by atomic mass is 10.1. The fraction of sp³-hybridized carbons (Fsp3) is 0. The van der Waals surface area contributed by atoms with Crippen LogP contribution in [0.5, 0.6) is 0 Å². The Morgan fingerprint density at radius 3 is 2.28 bits per heavy atom. The van der Waals surface area contributed by atoms with Crippen molar-refractivity contribution < 1.29 is 14.2 Å². The van der Waals surface area contributed by atoms with Gasteiger partial charge in [-0.1, -0.05) is 18.2 Å². The highest BCUT2D eigenvalue weighted by molar-refractivity contribution is 7.19. The van der Waals surface area contributed by atoms with Crippen LogP contribution >= 0.6 is 11.3 Å². The van der Waals surface area contributed by atoms with Gasteiger partial charge >= 0.3 is 10.0 Å². The summed E-state index contributed by atoms with van der Waals surface area (Å²) in [7, 11) is 0. The molecule has 0 amide bonds. The molecular weight excluding hydrogens is 263 g/mol. The minimum absolute atomic E-state index is 0.0199. The zero-order chi connectivity index (χ0) is 13.3. The van der Waals surface area contributed by atoms with Crippen molar-refractivity contribution in [3.8, 4) is 11.1 Å². The molecule has 0 saturated heterocycles. The van der Waals surface area contributed by atoms with Crippen LogP contribution in [-0.2, 0) is 0 Å². The first-order valence-corrected chi connectivity index (χ1v) is 5.50. The molecule has 1 aromatic carbocycles. The molecule has 92 valence electrons. The van der Waals surface area contributed by atoms with Gasteiger partial charge in [-0.15, -0.1) is 0 Å². The molecule has 0 fully saturated rings. The minimum Gasteiger partial charge on any atom is -0.258 e. The number of hydrogen-bond donors (Lipinski definition) is 0. The number of rotatable bonds is 3. The lowest BCUT2D eigenvalue weighted by Gasteiger charge is -1.98. The van der Waals surface area contributed by atoms with Crippen molar-refractivity contribution in [3.63, 3.8) is 0 Å². The first kappa shape index (κ1) is 12.1. The number of nitro groups is 2. The van der Waals surface area contributed by atoms with Crippen molar-refractivity contribution in [2.45, 2.75) is 0 Å². The van der Waals surface area contributed by atoms with Crippen LogP contribution in [0.15, 0.2) is 30.3 Å². The van der Waals surface area contributed by atoms with Gasteiger partial charge in [-0.25, -0.2) is 4.39 Å². The normalized spacial score (nSPS) is 10.3. The van der Waals surface area contributed by atoms with Crippen LogP contribution in [0.4, 0.5) is 14.4 Å². The predicted octanol–water partition coefficient (Wildman–Crippen LogP) is 3.37. The maximum atomic E-state index is 13.5. The molecule has 0 aliphatic carbocycles. The number of nitrogens with zero attached hydrogens (tertiary/aromatic N) is 2. The van der Waals surface area contributed by atoms with Crippen molar-refractivity contribution in [3.05, 3.63) is 56.4 Å². The lowest BCUT2D eigenvalue weighted by molar-refractivity contribution is -0.382. The van der Waals surface area contributed by atoms with Crippen LogP contribution in [0.2, 0.25) is 0 Å². The van der Waals surface area contributed by atoms with E-state index >= 15 is 0 Å². The highest BCUT2D eigenvalue weighted by Gasteiger charge is 2.27. The number of benzene rings is 1. The van der Waals surface area contributed by atoms with E-state index in [0.717, 1.165) is 12.1 Å². The SMILES string of the molecule is O=[N+]([O-])c1cc(-c2ccccc2F)c([N+](=O)[O-])s1. The Labute approximate surface area is 104 Å². The molecule has 1 heterocycles. The topological polar surface area (TPSA) is 86.3 Å². The van der Waals surface area contributed by atoms with Crippen LogP contribution < -0.4 is 0 Å². The molecular formula is C10H5FN2O4S. The van der Waals surface area contributed by atoms with Gasteiger partial charge in [0.2, 0.25) is 0 Å². The summed E-state index contributed by atoms with van der Waals surface area (Å²) in [5, 5.41) is 20.6. The quantitative estimate of drug-likeness (QED) is 0.630. The largest absolute Gasteiger partial charge is 0.338 e. The standard InChI is InChI=1S/C10H5FN2O4S/c11-8-4-2-1-3-6(8)7-5-9(12(14)15)18-10(7)13(16)17/h1-5H. The Balaban J connectivity index is 2.67. The summed E-state index contributed by atoms with van der Waals surface area (Å²) in [6.07, 6.45) is 0. The van der Waals surface area contributed by atoms with Crippen molar-refractivity contribution in [2.24, 2.45) is 0 Å². The van der Waals surface area contributed by atoms with E-state index in [1.54, 1.807) is 0 Å². The van der Waals surface area contributed by atoms with Gasteiger partial charge in [0.1, 0.15) is 5.82 Å². The second-order valence-corrected chi connectivity index (χ2v) is 4.31. The van der Waals surface area contributed by atoms with Gasteiger partial charge in [-0.2, -0.15) is 0 Å². The van der Waals surface area contributed by atoms with E-state index in [2.05, 4.69) is 0 Å². The third-order valence-electron chi connectivity index (χ3n) is 2.21. The van der Waals surface area contributed by atoms with Crippen LogP contribution in [0.3, 0.4) is 0 Å². The van der Waals surface area contributed by atoms with Crippen LogP contribution in [0.1, 0.15) is 0 Å². The molecule has 0 atom stereocenters. The van der Waals surface area contributed by atoms with E-state index in [4.69, 9.17) is 0 Å². The molecule has 6 nitrogen and oxygen atoms in total. The van der Waals surface area contributed by atoms with Gasteiger partial charge in [0.05, 0.1) is 15.4 Å². The van der Waals surface area contributed by atoms with Crippen molar-refractivity contribution in [2.75, 3.05) is 0 Å². The third-order valence-corrected chi connectivity index (χ3v) is 3.25.